The summed E-state index contributed by atoms with van der Waals surface area (Å²) in [4.78, 5) is 24.5. The number of rotatable bonds is 4. The summed E-state index contributed by atoms with van der Waals surface area (Å²) in [6.07, 6.45) is 1.30. The van der Waals surface area contributed by atoms with Gasteiger partial charge in [-0.25, -0.2) is 14.5 Å². The first-order valence-electron chi connectivity index (χ1n) is 7.64. The van der Waals surface area contributed by atoms with E-state index in [0.29, 0.717) is 16.3 Å². The molecule has 26 heavy (non-hydrogen) atoms. The first kappa shape index (κ1) is 17.3. The van der Waals surface area contributed by atoms with Gasteiger partial charge in [0.15, 0.2) is 17.3 Å². The van der Waals surface area contributed by atoms with Crippen molar-refractivity contribution < 1.29 is 13.9 Å². The number of hydrazone groups is 1. The Balaban J connectivity index is 1.85. The molecule has 0 saturated heterocycles. The predicted octanol–water partition coefficient (Wildman–Crippen LogP) is 1.85. The van der Waals surface area contributed by atoms with Gasteiger partial charge >= 0.3 is 0 Å². The molecule has 0 atom stereocenters. The second kappa shape index (κ2) is 7.14. The summed E-state index contributed by atoms with van der Waals surface area (Å²) in [5.74, 6) is -0.998. The van der Waals surface area contributed by atoms with Crippen molar-refractivity contribution in [2.24, 2.45) is 12.1 Å². The number of nitrogens with one attached hydrogen (secondary N) is 1. The maximum Gasteiger partial charge on any atom is 0.292 e. The van der Waals surface area contributed by atoms with Crippen LogP contribution < -0.4 is 15.7 Å². The fraction of sp³-hybridized carbons (Fsp3) is 0.111. The quantitative estimate of drug-likeness (QED) is 0.572. The first-order chi connectivity index (χ1) is 12.5. The molecule has 0 aliphatic carbocycles. The number of fused-ring (bicyclic) bond motifs is 1. The molecule has 2 aromatic carbocycles. The fourth-order valence-corrected chi connectivity index (χ4v) is 2.45. The van der Waals surface area contributed by atoms with Crippen LogP contribution in [0.1, 0.15) is 16.1 Å². The Morgan fingerprint density at radius 3 is 2.69 bits per heavy atom. The molecule has 1 N–H and O–H groups in total. The van der Waals surface area contributed by atoms with Crippen LogP contribution in [0.4, 0.5) is 4.39 Å². The van der Waals surface area contributed by atoms with Crippen molar-refractivity contribution in [3.63, 3.8) is 0 Å². The number of hydrogen-bond donors (Lipinski definition) is 1. The molecule has 8 heteroatoms. The number of aromatic nitrogens is 2. The van der Waals surface area contributed by atoms with Gasteiger partial charge < -0.3 is 4.74 Å². The highest BCUT2D eigenvalue weighted by atomic mass is 19.1. The van der Waals surface area contributed by atoms with Gasteiger partial charge in [0.2, 0.25) is 0 Å². The van der Waals surface area contributed by atoms with Crippen molar-refractivity contribution in [3.05, 3.63) is 69.9 Å². The molecule has 0 aliphatic heterocycles. The molecular weight excluding hydrogens is 339 g/mol. The maximum absolute atomic E-state index is 13.6. The number of carbonyl (C=O) groups is 1. The van der Waals surface area contributed by atoms with Gasteiger partial charge in [-0.2, -0.15) is 10.2 Å². The Labute approximate surface area is 147 Å². The molecule has 0 saturated carbocycles. The zero-order valence-corrected chi connectivity index (χ0v) is 14.1. The van der Waals surface area contributed by atoms with E-state index >= 15 is 0 Å². The second-order valence-corrected chi connectivity index (χ2v) is 5.42. The van der Waals surface area contributed by atoms with Crippen LogP contribution in [-0.2, 0) is 7.05 Å². The molecule has 1 heterocycles. The summed E-state index contributed by atoms with van der Waals surface area (Å²) in [5.41, 5.74) is 2.55. The number of aryl methyl sites for hydroxylation is 1. The molecule has 0 fully saturated rings. The molecule has 0 unspecified atom stereocenters. The van der Waals surface area contributed by atoms with Gasteiger partial charge in [-0.15, -0.1) is 0 Å². The normalized spacial score (nSPS) is 11.0. The van der Waals surface area contributed by atoms with Crippen LogP contribution in [0.5, 0.6) is 5.75 Å². The number of hydrogen-bond acceptors (Lipinski definition) is 5. The van der Waals surface area contributed by atoms with E-state index in [1.54, 1.807) is 30.3 Å². The Morgan fingerprint density at radius 1 is 1.27 bits per heavy atom. The minimum Gasteiger partial charge on any atom is -0.494 e. The number of halogens is 1. The standard InChI is InChI=1S/C18H15FN4O3/c1-23-18(25)13-6-4-3-5-12(13)16(22-23)17(24)21-20-10-11-7-8-15(26-2)14(19)9-11/h3-10H,1-2H3,(H,21,24)/b20-10-. The van der Waals surface area contributed by atoms with Gasteiger partial charge in [0.05, 0.1) is 18.7 Å². The third kappa shape index (κ3) is 3.30. The molecular formula is C18H15FN4O3. The third-order valence-corrected chi connectivity index (χ3v) is 3.73. The summed E-state index contributed by atoms with van der Waals surface area (Å²) in [6, 6.07) is 11.0. The van der Waals surface area contributed by atoms with Crippen molar-refractivity contribution in [2.45, 2.75) is 0 Å². The van der Waals surface area contributed by atoms with Crippen molar-refractivity contribution in [2.75, 3.05) is 7.11 Å². The van der Waals surface area contributed by atoms with Crippen molar-refractivity contribution in [1.82, 2.24) is 15.2 Å². The molecule has 3 aromatic rings. The number of methoxy groups -OCH3 is 1. The Hall–Kier alpha value is -3.55. The second-order valence-electron chi connectivity index (χ2n) is 5.42. The molecule has 1 aromatic heterocycles. The molecule has 0 spiro atoms. The van der Waals surface area contributed by atoms with E-state index in [9.17, 15) is 14.0 Å². The monoisotopic (exact) mass is 354 g/mol. The lowest BCUT2D eigenvalue weighted by Gasteiger charge is -2.06. The first-order valence-corrected chi connectivity index (χ1v) is 7.64. The molecule has 0 radical (unpaired) electrons. The minimum absolute atomic E-state index is 0.0701. The summed E-state index contributed by atoms with van der Waals surface area (Å²) in [6.45, 7) is 0. The molecule has 0 bridgehead atoms. The van der Waals surface area contributed by atoms with Gasteiger partial charge in [-0.1, -0.05) is 18.2 Å². The summed E-state index contributed by atoms with van der Waals surface area (Å²) in [5, 5.41) is 8.63. The van der Waals surface area contributed by atoms with E-state index in [-0.39, 0.29) is 17.0 Å². The summed E-state index contributed by atoms with van der Waals surface area (Å²) in [7, 11) is 2.84. The molecule has 0 aliphatic rings. The van der Waals surface area contributed by atoms with Crippen LogP contribution in [0.3, 0.4) is 0 Å². The zero-order valence-electron chi connectivity index (χ0n) is 14.1. The van der Waals surface area contributed by atoms with Gasteiger partial charge in [0.25, 0.3) is 11.5 Å². The zero-order chi connectivity index (χ0) is 18.7. The summed E-state index contributed by atoms with van der Waals surface area (Å²) >= 11 is 0. The SMILES string of the molecule is COc1ccc(/C=N\NC(=O)c2nn(C)c(=O)c3ccccc23)cc1F. The number of nitrogens with zero attached hydrogens (tertiary/aromatic N) is 3. The van der Waals surface area contributed by atoms with E-state index in [4.69, 9.17) is 4.74 Å². The van der Waals surface area contributed by atoms with Crippen LogP contribution in [0, 0.1) is 5.82 Å². The van der Waals surface area contributed by atoms with Gasteiger partial charge in [0, 0.05) is 12.4 Å². The highest BCUT2D eigenvalue weighted by Crippen LogP contribution is 2.16. The number of carbonyl (C=O) groups excluding carboxylic acids is 1. The van der Waals surface area contributed by atoms with E-state index < -0.39 is 11.7 Å². The Morgan fingerprint density at radius 2 is 2.00 bits per heavy atom. The Kier molecular flexibility index (Phi) is 4.74. The number of ether oxygens (including phenoxy) is 1. The molecule has 1 amide bonds. The van der Waals surface area contributed by atoms with Crippen molar-refractivity contribution >= 4 is 22.9 Å². The van der Waals surface area contributed by atoms with Crippen LogP contribution in [0.15, 0.2) is 52.4 Å². The lowest BCUT2D eigenvalue weighted by atomic mass is 10.1. The van der Waals surface area contributed by atoms with Crippen LogP contribution in [-0.4, -0.2) is 29.0 Å². The summed E-state index contributed by atoms with van der Waals surface area (Å²) < 4.78 is 19.6. The third-order valence-electron chi connectivity index (χ3n) is 3.73. The van der Waals surface area contributed by atoms with Crippen LogP contribution >= 0.6 is 0 Å². The topological polar surface area (TPSA) is 85.6 Å². The van der Waals surface area contributed by atoms with Crippen LogP contribution in [0.25, 0.3) is 10.8 Å². The van der Waals surface area contributed by atoms with E-state index in [2.05, 4.69) is 15.6 Å². The van der Waals surface area contributed by atoms with Crippen molar-refractivity contribution in [3.8, 4) is 5.75 Å². The average Bonchev–Trinajstić information content (AvgIpc) is 2.65. The van der Waals surface area contributed by atoms with Gasteiger partial charge in [-0.3, -0.25) is 9.59 Å². The highest BCUT2D eigenvalue weighted by molar-refractivity contribution is 6.04. The van der Waals surface area contributed by atoms with E-state index in [1.807, 2.05) is 0 Å². The number of amides is 1. The molecule has 3 rings (SSSR count). The highest BCUT2D eigenvalue weighted by Gasteiger charge is 2.14. The average molecular weight is 354 g/mol. The molecule has 7 nitrogen and oxygen atoms in total. The lowest BCUT2D eigenvalue weighted by molar-refractivity contribution is 0.0950. The van der Waals surface area contributed by atoms with Gasteiger partial charge in [0.1, 0.15) is 0 Å². The van der Waals surface area contributed by atoms with E-state index in [1.165, 1.54) is 32.5 Å². The van der Waals surface area contributed by atoms with E-state index in [0.717, 1.165) is 4.68 Å². The Bertz CT molecular complexity index is 1080. The number of benzene rings is 2. The minimum atomic E-state index is -0.581. The van der Waals surface area contributed by atoms with Gasteiger partial charge in [-0.05, 0) is 29.8 Å². The maximum atomic E-state index is 13.6. The fourth-order valence-electron chi connectivity index (χ4n) is 2.45. The smallest absolute Gasteiger partial charge is 0.292 e. The van der Waals surface area contributed by atoms with Crippen molar-refractivity contribution in [1.29, 1.82) is 0 Å². The lowest BCUT2D eigenvalue weighted by Crippen LogP contribution is -2.27. The predicted molar refractivity (Wildman–Crippen MR) is 95.0 cm³/mol. The largest absolute Gasteiger partial charge is 0.494 e. The van der Waals surface area contributed by atoms with Crippen LogP contribution in [0.2, 0.25) is 0 Å². The molecule has 132 valence electrons.